The molecule has 0 aliphatic carbocycles. The van der Waals surface area contributed by atoms with Crippen LogP contribution in [0.2, 0.25) is 0 Å². The SMILES string of the molecule is Cc1nn(C)c(C)c1C(O)=C1C(=O)C(=O)N(Cc2cccnc2)C1c1ccccn1. The molecular weight excluding hydrogens is 382 g/mol. The zero-order valence-electron chi connectivity index (χ0n) is 16.9. The zero-order valence-corrected chi connectivity index (χ0v) is 16.9. The normalized spacial score (nSPS) is 18.2. The summed E-state index contributed by atoms with van der Waals surface area (Å²) in [5, 5.41) is 15.5. The summed E-state index contributed by atoms with van der Waals surface area (Å²) in [5.74, 6) is -1.66. The summed E-state index contributed by atoms with van der Waals surface area (Å²) < 4.78 is 1.63. The first kappa shape index (κ1) is 19.5. The van der Waals surface area contributed by atoms with E-state index in [4.69, 9.17) is 0 Å². The molecular formula is C22H21N5O3. The Hall–Kier alpha value is -3.81. The van der Waals surface area contributed by atoms with Gasteiger partial charge in [0.15, 0.2) is 0 Å². The Labute approximate surface area is 173 Å². The second-order valence-electron chi connectivity index (χ2n) is 7.21. The average Bonchev–Trinajstić information content (AvgIpc) is 3.15. The van der Waals surface area contributed by atoms with E-state index in [1.54, 1.807) is 68.4 Å². The lowest BCUT2D eigenvalue weighted by atomic mass is 9.97. The van der Waals surface area contributed by atoms with Crippen molar-refractivity contribution in [2.45, 2.75) is 26.4 Å². The van der Waals surface area contributed by atoms with Gasteiger partial charge in [0.2, 0.25) is 0 Å². The molecule has 0 radical (unpaired) electrons. The number of likely N-dealkylation sites (tertiary alicyclic amines) is 1. The van der Waals surface area contributed by atoms with Crippen LogP contribution in [0.1, 0.15) is 34.3 Å². The number of ketones is 1. The number of aromatic nitrogens is 4. The van der Waals surface area contributed by atoms with Crippen LogP contribution < -0.4 is 0 Å². The van der Waals surface area contributed by atoms with Crippen LogP contribution in [0.4, 0.5) is 0 Å². The highest BCUT2D eigenvalue weighted by Crippen LogP contribution is 2.40. The predicted molar refractivity (Wildman–Crippen MR) is 109 cm³/mol. The first-order valence-electron chi connectivity index (χ1n) is 9.49. The number of aliphatic hydroxyl groups excluding tert-OH is 1. The molecule has 8 nitrogen and oxygen atoms in total. The van der Waals surface area contributed by atoms with E-state index in [-0.39, 0.29) is 17.9 Å². The number of rotatable bonds is 4. The number of aliphatic hydroxyl groups is 1. The summed E-state index contributed by atoms with van der Waals surface area (Å²) in [4.78, 5) is 35.9. The summed E-state index contributed by atoms with van der Waals surface area (Å²) in [6, 6.07) is 8.06. The predicted octanol–water partition coefficient (Wildman–Crippen LogP) is 2.45. The molecule has 8 heteroatoms. The number of nitrogens with zero attached hydrogens (tertiary/aromatic N) is 5. The molecule has 1 saturated heterocycles. The van der Waals surface area contributed by atoms with E-state index in [9.17, 15) is 14.7 Å². The van der Waals surface area contributed by atoms with Crippen LogP contribution >= 0.6 is 0 Å². The standard InChI is InChI=1S/C22H21N5O3/c1-13-17(14(2)26(3)25-13)20(28)18-19(16-8-4-5-10-24-16)27(22(30)21(18)29)12-15-7-6-9-23-11-15/h4-11,19,28H,12H2,1-3H3. The molecule has 0 aromatic carbocycles. The van der Waals surface area contributed by atoms with Crippen LogP contribution in [0.3, 0.4) is 0 Å². The van der Waals surface area contributed by atoms with Gasteiger partial charge in [-0.15, -0.1) is 0 Å². The van der Waals surface area contributed by atoms with Gasteiger partial charge in [-0.1, -0.05) is 12.1 Å². The quantitative estimate of drug-likeness (QED) is 0.408. The third-order valence-electron chi connectivity index (χ3n) is 5.33. The highest BCUT2D eigenvalue weighted by Gasteiger charge is 2.47. The van der Waals surface area contributed by atoms with Gasteiger partial charge in [-0.05, 0) is 37.6 Å². The second kappa shape index (κ2) is 7.55. The lowest BCUT2D eigenvalue weighted by molar-refractivity contribution is -0.140. The van der Waals surface area contributed by atoms with Crippen molar-refractivity contribution in [1.82, 2.24) is 24.6 Å². The highest BCUT2D eigenvalue weighted by molar-refractivity contribution is 6.46. The van der Waals surface area contributed by atoms with Crippen LogP contribution in [0.15, 0.2) is 54.5 Å². The van der Waals surface area contributed by atoms with Crippen LogP contribution in [-0.4, -0.2) is 41.4 Å². The monoisotopic (exact) mass is 403 g/mol. The van der Waals surface area contributed by atoms with Gasteiger partial charge >= 0.3 is 0 Å². The number of carbonyl (C=O) groups is 2. The molecule has 3 aromatic heterocycles. The largest absolute Gasteiger partial charge is 0.507 e. The van der Waals surface area contributed by atoms with Gasteiger partial charge in [-0.25, -0.2) is 0 Å². The number of hydrogen-bond donors (Lipinski definition) is 1. The summed E-state index contributed by atoms with van der Waals surface area (Å²) in [5.41, 5.74) is 3.02. The molecule has 0 bridgehead atoms. The van der Waals surface area contributed by atoms with Crippen LogP contribution in [-0.2, 0) is 23.2 Å². The number of hydrogen-bond acceptors (Lipinski definition) is 6. The summed E-state index contributed by atoms with van der Waals surface area (Å²) in [6.07, 6.45) is 4.88. The molecule has 1 aliphatic heterocycles. The Kier molecular flexibility index (Phi) is 4.91. The average molecular weight is 403 g/mol. The van der Waals surface area contributed by atoms with Crippen molar-refractivity contribution in [1.29, 1.82) is 0 Å². The Morgan fingerprint density at radius 1 is 1.13 bits per heavy atom. The van der Waals surface area contributed by atoms with Crippen molar-refractivity contribution in [3.63, 3.8) is 0 Å². The number of amides is 1. The Balaban J connectivity index is 1.90. The molecule has 1 unspecified atom stereocenters. The maximum Gasteiger partial charge on any atom is 0.296 e. The lowest BCUT2D eigenvalue weighted by Crippen LogP contribution is -2.29. The van der Waals surface area contributed by atoms with Crippen molar-refractivity contribution in [3.05, 3.63) is 82.7 Å². The topological polar surface area (TPSA) is 101 Å². The van der Waals surface area contributed by atoms with Gasteiger partial charge in [0, 0.05) is 37.9 Å². The van der Waals surface area contributed by atoms with Gasteiger partial charge < -0.3 is 10.0 Å². The van der Waals surface area contributed by atoms with Gasteiger partial charge in [0.05, 0.1) is 22.5 Å². The van der Waals surface area contributed by atoms with Crippen molar-refractivity contribution in [2.75, 3.05) is 0 Å². The van der Waals surface area contributed by atoms with E-state index in [0.717, 1.165) is 5.56 Å². The third kappa shape index (κ3) is 3.16. The van der Waals surface area contributed by atoms with E-state index >= 15 is 0 Å². The summed E-state index contributed by atoms with van der Waals surface area (Å²) in [7, 11) is 1.76. The Bertz CT molecular complexity index is 1150. The minimum absolute atomic E-state index is 0.0155. The number of Topliss-reactive ketones (excluding diaryl/α,β-unsaturated/α-hetero) is 1. The van der Waals surface area contributed by atoms with Crippen molar-refractivity contribution in [3.8, 4) is 0 Å². The second-order valence-corrected chi connectivity index (χ2v) is 7.21. The minimum Gasteiger partial charge on any atom is -0.507 e. The van der Waals surface area contributed by atoms with Gasteiger partial charge in [0.1, 0.15) is 11.8 Å². The van der Waals surface area contributed by atoms with E-state index in [1.807, 2.05) is 6.07 Å². The Morgan fingerprint density at radius 3 is 2.53 bits per heavy atom. The molecule has 1 fully saturated rings. The van der Waals surface area contributed by atoms with Crippen LogP contribution in [0.5, 0.6) is 0 Å². The van der Waals surface area contributed by atoms with Crippen LogP contribution in [0.25, 0.3) is 5.76 Å². The summed E-state index contributed by atoms with van der Waals surface area (Å²) >= 11 is 0. The fourth-order valence-electron chi connectivity index (χ4n) is 3.83. The highest BCUT2D eigenvalue weighted by atomic mass is 16.3. The van der Waals surface area contributed by atoms with E-state index in [1.165, 1.54) is 4.90 Å². The summed E-state index contributed by atoms with van der Waals surface area (Å²) in [6.45, 7) is 3.72. The van der Waals surface area contributed by atoms with E-state index < -0.39 is 17.7 Å². The molecule has 3 aromatic rings. The third-order valence-corrected chi connectivity index (χ3v) is 5.33. The number of pyridine rings is 2. The number of carbonyl (C=O) groups excluding carboxylic acids is 2. The first-order chi connectivity index (χ1) is 14.4. The minimum atomic E-state index is -0.814. The number of aryl methyl sites for hydroxylation is 2. The molecule has 152 valence electrons. The maximum absolute atomic E-state index is 13.1. The molecule has 4 heterocycles. The smallest absolute Gasteiger partial charge is 0.296 e. The van der Waals surface area contributed by atoms with Gasteiger partial charge in [-0.3, -0.25) is 24.2 Å². The van der Waals surface area contributed by atoms with E-state index in [2.05, 4.69) is 15.1 Å². The molecule has 1 aliphatic rings. The molecule has 1 N–H and O–H groups in total. The molecule has 0 spiro atoms. The van der Waals surface area contributed by atoms with E-state index in [0.29, 0.717) is 22.6 Å². The molecule has 1 amide bonds. The van der Waals surface area contributed by atoms with Crippen molar-refractivity contribution in [2.24, 2.45) is 7.05 Å². The molecule has 30 heavy (non-hydrogen) atoms. The van der Waals surface area contributed by atoms with Crippen molar-refractivity contribution < 1.29 is 14.7 Å². The fourth-order valence-corrected chi connectivity index (χ4v) is 3.83. The van der Waals surface area contributed by atoms with Crippen molar-refractivity contribution >= 4 is 17.4 Å². The Morgan fingerprint density at radius 2 is 1.93 bits per heavy atom. The molecule has 4 rings (SSSR count). The van der Waals surface area contributed by atoms with Gasteiger partial charge in [-0.2, -0.15) is 5.10 Å². The fraction of sp³-hybridized carbons (Fsp3) is 0.227. The lowest BCUT2D eigenvalue weighted by Gasteiger charge is -2.24. The molecule has 0 saturated carbocycles. The van der Waals surface area contributed by atoms with Gasteiger partial charge in [0.25, 0.3) is 11.7 Å². The zero-order chi connectivity index (χ0) is 21.4. The molecule has 1 atom stereocenters. The maximum atomic E-state index is 13.1. The van der Waals surface area contributed by atoms with Crippen LogP contribution in [0, 0.1) is 13.8 Å². The first-order valence-corrected chi connectivity index (χ1v) is 9.49.